The molecule has 28 heavy (non-hydrogen) atoms. The fourth-order valence-electron chi connectivity index (χ4n) is 3.04. The van der Waals surface area contributed by atoms with Crippen molar-refractivity contribution in [3.05, 3.63) is 77.0 Å². The minimum Gasteiger partial charge on any atom is -0.493 e. The molecule has 0 aliphatic carbocycles. The number of carboxylic acid groups (broad SMARTS) is 1. The highest BCUT2D eigenvalue weighted by molar-refractivity contribution is 5.93. The van der Waals surface area contributed by atoms with E-state index in [-0.39, 0.29) is 18.0 Å². The number of hydrogen-bond donors (Lipinski definition) is 3. The number of nitrogens with zero attached hydrogens (tertiary/aromatic N) is 2. The Morgan fingerprint density at radius 2 is 1.82 bits per heavy atom. The van der Waals surface area contributed by atoms with E-state index in [1.165, 1.54) is 10.7 Å². The normalized spacial score (nSPS) is 11.8. The van der Waals surface area contributed by atoms with Gasteiger partial charge in [-0.3, -0.25) is 9.59 Å². The number of carbonyl (C=O) groups excluding carboxylic acids is 1. The Hall–Kier alpha value is -3.61. The van der Waals surface area contributed by atoms with Crippen molar-refractivity contribution < 1.29 is 19.8 Å². The van der Waals surface area contributed by atoms with Crippen LogP contribution in [0.25, 0.3) is 5.69 Å². The zero-order valence-corrected chi connectivity index (χ0v) is 15.6. The number of carboxylic acids is 1. The van der Waals surface area contributed by atoms with E-state index in [1.54, 1.807) is 30.3 Å². The third-order valence-corrected chi connectivity index (χ3v) is 4.63. The molecular formula is C21H21N3O4. The second-order valence-electron chi connectivity index (χ2n) is 6.55. The van der Waals surface area contributed by atoms with E-state index in [0.29, 0.717) is 5.69 Å². The molecule has 7 heteroatoms. The maximum Gasteiger partial charge on any atom is 0.305 e. The summed E-state index contributed by atoms with van der Waals surface area (Å²) in [4.78, 5) is 24.0. The molecule has 0 radical (unpaired) electrons. The standard InChI is InChI=1S/C21H21N3O4/c1-13-7-6-10-16(14(13)2)17(12-20(26)27)22-21(28)18-11-19(25)24(23-18)15-8-4-3-5-9-15/h3-11,17,25H,12H2,1-2H3,(H,22,28)(H,26,27). The van der Waals surface area contributed by atoms with Crippen molar-refractivity contribution in [1.82, 2.24) is 15.1 Å². The van der Waals surface area contributed by atoms with Gasteiger partial charge in [0.1, 0.15) is 0 Å². The lowest BCUT2D eigenvalue weighted by Gasteiger charge is -2.20. The van der Waals surface area contributed by atoms with Crippen molar-refractivity contribution >= 4 is 11.9 Å². The summed E-state index contributed by atoms with van der Waals surface area (Å²) < 4.78 is 1.25. The topological polar surface area (TPSA) is 104 Å². The number of rotatable bonds is 6. The molecule has 1 amide bonds. The lowest BCUT2D eigenvalue weighted by molar-refractivity contribution is -0.137. The molecule has 0 saturated carbocycles. The summed E-state index contributed by atoms with van der Waals surface area (Å²) in [5, 5.41) is 26.3. The van der Waals surface area contributed by atoms with Gasteiger partial charge in [-0.15, -0.1) is 0 Å². The summed E-state index contributed by atoms with van der Waals surface area (Å²) in [7, 11) is 0. The van der Waals surface area contributed by atoms with Crippen LogP contribution in [0.5, 0.6) is 5.88 Å². The van der Waals surface area contributed by atoms with Gasteiger partial charge in [0.15, 0.2) is 5.69 Å². The first-order valence-electron chi connectivity index (χ1n) is 8.80. The van der Waals surface area contributed by atoms with Crippen LogP contribution in [0, 0.1) is 13.8 Å². The molecule has 3 aromatic rings. The highest BCUT2D eigenvalue weighted by Gasteiger charge is 2.23. The number of carbonyl (C=O) groups is 2. The molecule has 0 fully saturated rings. The lowest BCUT2D eigenvalue weighted by atomic mass is 9.95. The largest absolute Gasteiger partial charge is 0.493 e. The molecule has 0 aliphatic heterocycles. The fraction of sp³-hybridized carbons (Fsp3) is 0.190. The molecule has 0 spiro atoms. The minimum atomic E-state index is -1.02. The number of amides is 1. The van der Waals surface area contributed by atoms with Crippen LogP contribution in [0.3, 0.4) is 0 Å². The molecule has 2 aromatic carbocycles. The number of aromatic nitrogens is 2. The van der Waals surface area contributed by atoms with Gasteiger partial charge in [0.05, 0.1) is 18.2 Å². The third kappa shape index (κ3) is 4.03. The van der Waals surface area contributed by atoms with Crippen molar-refractivity contribution in [2.75, 3.05) is 0 Å². The van der Waals surface area contributed by atoms with Gasteiger partial charge in [-0.2, -0.15) is 5.10 Å². The summed E-state index contributed by atoms with van der Waals surface area (Å²) in [6, 6.07) is 15.0. The van der Waals surface area contributed by atoms with Crippen molar-refractivity contribution in [3.8, 4) is 11.6 Å². The first-order chi connectivity index (χ1) is 13.4. The molecular weight excluding hydrogens is 358 g/mol. The Kier molecular flexibility index (Phi) is 5.44. The van der Waals surface area contributed by atoms with Crippen LogP contribution in [0.1, 0.15) is 39.6 Å². The SMILES string of the molecule is Cc1cccc(C(CC(=O)O)NC(=O)c2cc(O)n(-c3ccccc3)n2)c1C. The third-order valence-electron chi connectivity index (χ3n) is 4.63. The van der Waals surface area contributed by atoms with Gasteiger partial charge in [-0.05, 0) is 42.7 Å². The molecule has 0 bridgehead atoms. The van der Waals surface area contributed by atoms with Gasteiger partial charge in [0.2, 0.25) is 5.88 Å². The van der Waals surface area contributed by atoms with Crippen LogP contribution in [0.15, 0.2) is 54.6 Å². The average molecular weight is 379 g/mol. The predicted molar refractivity (Wildman–Crippen MR) is 104 cm³/mol. The molecule has 1 aromatic heterocycles. The Balaban J connectivity index is 1.89. The van der Waals surface area contributed by atoms with Crippen LogP contribution in [-0.2, 0) is 4.79 Å². The Bertz CT molecular complexity index is 1010. The van der Waals surface area contributed by atoms with Gasteiger partial charge < -0.3 is 15.5 Å². The number of hydrogen-bond acceptors (Lipinski definition) is 4. The monoisotopic (exact) mass is 379 g/mol. The molecule has 7 nitrogen and oxygen atoms in total. The first-order valence-corrected chi connectivity index (χ1v) is 8.80. The average Bonchev–Trinajstić information content (AvgIpc) is 3.06. The Labute approximate surface area is 162 Å². The zero-order chi connectivity index (χ0) is 20.3. The summed E-state index contributed by atoms with van der Waals surface area (Å²) in [5.41, 5.74) is 3.28. The van der Waals surface area contributed by atoms with Gasteiger partial charge in [-0.1, -0.05) is 36.4 Å². The number of benzene rings is 2. The van der Waals surface area contributed by atoms with Crippen molar-refractivity contribution in [2.45, 2.75) is 26.3 Å². The maximum atomic E-state index is 12.7. The van der Waals surface area contributed by atoms with Crippen LogP contribution in [-0.4, -0.2) is 31.9 Å². The summed E-state index contributed by atoms with van der Waals surface area (Å²) >= 11 is 0. The van der Waals surface area contributed by atoms with Crippen LogP contribution < -0.4 is 5.32 Å². The van der Waals surface area contributed by atoms with Crippen LogP contribution in [0.4, 0.5) is 0 Å². The number of aryl methyl sites for hydroxylation is 1. The quantitative estimate of drug-likeness (QED) is 0.610. The molecule has 3 rings (SSSR count). The second kappa shape index (κ2) is 7.96. The van der Waals surface area contributed by atoms with Gasteiger partial charge >= 0.3 is 5.97 Å². The van der Waals surface area contributed by atoms with E-state index < -0.39 is 17.9 Å². The maximum absolute atomic E-state index is 12.7. The van der Waals surface area contributed by atoms with E-state index in [4.69, 9.17) is 0 Å². The van der Waals surface area contributed by atoms with Crippen molar-refractivity contribution in [3.63, 3.8) is 0 Å². The number of para-hydroxylation sites is 1. The van der Waals surface area contributed by atoms with E-state index >= 15 is 0 Å². The van der Waals surface area contributed by atoms with Crippen molar-refractivity contribution in [1.29, 1.82) is 0 Å². The second-order valence-corrected chi connectivity index (χ2v) is 6.55. The van der Waals surface area contributed by atoms with Crippen molar-refractivity contribution in [2.24, 2.45) is 0 Å². The Morgan fingerprint density at radius 3 is 2.50 bits per heavy atom. The molecule has 1 unspecified atom stereocenters. The highest BCUT2D eigenvalue weighted by atomic mass is 16.4. The minimum absolute atomic E-state index is 0.00190. The zero-order valence-electron chi connectivity index (χ0n) is 15.6. The molecule has 0 aliphatic rings. The van der Waals surface area contributed by atoms with Crippen LogP contribution in [0.2, 0.25) is 0 Å². The molecule has 0 saturated heterocycles. The highest BCUT2D eigenvalue weighted by Crippen LogP contribution is 2.24. The van der Waals surface area contributed by atoms with Gasteiger partial charge in [0.25, 0.3) is 5.91 Å². The van der Waals surface area contributed by atoms with E-state index in [9.17, 15) is 19.8 Å². The summed E-state index contributed by atoms with van der Waals surface area (Å²) in [6.07, 6.45) is -0.262. The molecule has 3 N–H and O–H groups in total. The smallest absolute Gasteiger partial charge is 0.305 e. The van der Waals surface area contributed by atoms with Gasteiger partial charge in [-0.25, -0.2) is 4.68 Å². The van der Waals surface area contributed by atoms with Gasteiger partial charge in [0, 0.05) is 6.07 Å². The van der Waals surface area contributed by atoms with Crippen LogP contribution >= 0.6 is 0 Å². The number of aromatic hydroxyl groups is 1. The number of nitrogens with one attached hydrogen (secondary N) is 1. The Morgan fingerprint density at radius 1 is 1.11 bits per heavy atom. The lowest BCUT2D eigenvalue weighted by Crippen LogP contribution is -2.31. The fourth-order valence-corrected chi connectivity index (χ4v) is 3.04. The first kappa shape index (κ1) is 19.2. The molecule has 1 heterocycles. The summed E-state index contributed by atoms with van der Waals surface area (Å²) in [5.74, 6) is -1.76. The molecule has 144 valence electrons. The number of aliphatic carboxylic acids is 1. The van der Waals surface area contributed by atoms with E-state index in [0.717, 1.165) is 16.7 Å². The molecule has 1 atom stereocenters. The van der Waals surface area contributed by atoms with E-state index in [2.05, 4.69) is 10.4 Å². The summed E-state index contributed by atoms with van der Waals surface area (Å²) in [6.45, 7) is 3.82. The predicted octanol–water partition coefficient (Wildman–Crippen LogP) is 3.14. The van der Waals surface area contributed by atoms with E-state index in [1.807, 2.05) is 32.0 Å².